The number of nitrogens with zero attached hydrogens (tertiary/aromatic N) is 5. The molecule has 0 unspecified atom stereocenters. The van der Waals surface area contributed by atoms with Crippen LogP contribution in [-0.4, -0.2) is 44.1 Å². The van der Waals surface area contributed by atoms with Crippen LogP contribution in [0.2, 0.25) is 0 Å². The summed E-state index contributed by atoms with van der Waals surface area (Å²) in [5.74, 6) is 1.37. The number of hydrogen-bond donors (Lipinski definition) is 2. The average molecular weight is 568 g/mol. The monoisotopic (exact) mass is 567 g/mol. The lowest BCUT2D eigenvalue weighted by molar-refractivity contribution is 0.0636. The summed E-state index contributed by atoms with van der Waals surface area (Å²) in [6, 6.07) is 14.7. The molecule has 1 fully saturated rings. The summed E-state index contributed by atoms with van der Waals surface area (Å²) in [4.78, 5) is 17.9. The number of carbonyl (C=O) groups is 1. The highest BCUT2D eigenvalue weighted by Crippen LogP contribution is 2.45. The molecule has 2 N–H and O–H groups in total. The summed E-state index contributed by atoms with van der Waals surface area (Å²) in [6.07, 6.45) is 3.32. The van der Waals surface area contributed by atoms with Gasteiger partial charge in [0.2, 0.25) is 0 Å². The molecule has 9 nitrogen and oxygen atoms in total. The van der Waals surface area contributed by atoms with Gasteiger partial charge < -0.3 is 14.6 Å². The van der Waals surface area contributed by atoms with Gasteiger partial charge in [0.15, 0.2) is 0 Å². The van der Waals surface area contributed by atoms with Crippen LogP contribution in [-0.2, 0) is 18.8 Å². The number of carbonyl (C=O) groups excluding carboxylic acids is 1. The van der Waals surface area contributed by atoms with Crippen molar-refractivity contribution in [2.45, 2.75) is 45.1 Å². The normalized spacial score (nSPS) is 14.4. The van der Waals surface area contributed by atoms with Gasteiger partial charge in [0.05, 0.1) is 28.7 Å². The van der Waals surface area contributed by atoms with Crippen LogP contribution in [0.3, 0.4) is 0 Å². The van der Waals surface area contributed by atoms with E-state index in [9.17, 15) is 10.1 Å². The first kappa shape index (κ1) is 27.0. The molecule has 4 heterocycles. The Hall–Kier alpha value is -4.20. The second-order valence-electron chi connectivity index (χ2n) is 11.5. The van der Waals surface area contributed by atoms with Crippen molar-refractivity contribution in [1.82, 2.24) is 24.6 Å². The molecule has 0 bridgehead atoms. The molecule has 0 saturated carbocycles. The molecular weight excluding hydrogens is 534 g/mol. The number of aromatic nitrogens is 4. The molecule has 2 aromatic carbocycles. The van der Waals surface area contributed by atoms with Crippen LogP contribution < -0.4 is 10.6 Å². The predicted octanol–water partition coefficient (Wildman–Crippen LogP) is 6.54. The Morgan fingerprint density at radius 1 is 1.20 bits per heavy atom. The minimum Gasteiger partial charge on any atom is -0.444 e. The van der Waals surface area contributed by atoms with Gasteiger partial charge >= 0.3 is 6.09 Å². The van der Waals surface area contributed by atoms with Crippen LogP contribution in [0.5, 0.6) is 0 Å². The number of rotatable bonds is 4. The minimum atomic E-state index is -0.650. The molecule has 3 aromatic heterocycles. The molecule has 1 saturated heterocycles. The van der Waals surface area contributed by atoms with Gasteiger partial charge in [-0.1, -0.05) is 18.2 Å². The first-order valence-electron chi connectivity index (χ1n) is 13.8. The van der Waals surface area contributed by atoms with Crippen LogP contribution in [0.4, 0.5) is 9.80 Å². The van der Waals surface area contributed by atoms with E-state index in [4.69, 9.17) is 9.72 Å². The van der Waals surface area contributed by atoms with Gasteiger partial charge in [-0.15, -0.1) is 11.3 Å². The fourth-order valence-electron chi connectivity index (χ4n) is 5.72. The number of amides is 1. The summed E-state index contributed by atoms with van der Waals surface area (Å²) in [7, 11) is 4.01. The number of nitriles is 1. The van der Waals surface area contributed by atoms with Crippen molar-refractivity contribution < 1.29 is 9.53 Å². The topological polar surface area (TPSA) is 110 Å². The molecule has 41 heavy (non-hydrogen) atoms. The van der Waals surface area contributed by atoms with Crippen molar-refractivity contribution in [3.8, 4) is 28.6 Å². The third-order valence-corrected chi connectivity index (χ3v) is 8.62. The number of nitrogens with one attached hydrogen (secondary N) is 2. The molecule has 5 aromatic rings. The molecule has 1 amide bonds. The van der Waals surface area contributed by atoms with Crippen molar-refractivity contribution in [1.29, 1.82) is 5.26 Å². The number of piperidine rings is 1. The zero-order valence-corrected chi connectivity index (χ0v) is 24.7. The van der Waals surface area contributed by atoms with Crippen molar-refractivity contribution in [2.75, 3.05) is 18.4 Å². The van der Waals surface area contributed by atoms with Crippen molar-refractivity contribution in [3.05, 3.63) is 54.0 Å². The smallest absolute Gasteiger partial charge is 0.412 e. The van der Waals surface area contributed by atoms with Gasteiger partial charge in [-0.05, 0) is 64.9 Å². The fraction of sp³-hybridized carbons (Fsp3) is 0.355. The second kappa shape index (κ2) is 10.3. The third kappa shape index (κ3) is 4.96. The van der Waals surface area contributed by atoms with E-state index in [2.05, 4.69) is 51.6 Å². The van der Waals surface area contributed by atoms with E-state index in [1.807, 2.05) is 56.9 Å². The van der Waals surface area contributed by atoms with Gasteiger partial charge in [-0.2, -0.15) is 10.4 Å². The zero-order valence-electron chi connectivity index (χ0n) is 23.9. The molecule has 0 radical (unpaired) electrons. The Morgan fingerprint density at radius 2 is 1.98 bits per heavy atom. The van der Waals surface area contributed by atoms with Gasteiger partial charge in [-0.3, -0.25) is 10.00 Å². The lowest BCUT2D eigenvalue weighted by atomic mass is 9.97. The van der Waals surface area contributed by atoms with Gasteiger partial charge in [0, 0.05) is 46.6 Å². The molecule has 0 atom stereocenters. The number of thiophene rings is 1. The van der Waals surface area contributed by atoms with E-state index >= 15 is 0 Å². The largest absolute Gasteiger partial charge is 0.444 e. The Labute approximate surface area is 242 Å². The third-order valence-electron chi connectivity index (χ3n) is 7.55. The van der Waals surface area contributed by atoms with Crippen LogP contribution in [0.25, 0.3) is 43.5 Å². The lowest BCUT2D eigenvalue weighted by Crippen LogP contribution is -2.27. The Balaban J connectivity index is 1.55. The van der Waals surface area contributed by atoms with Crippen LogP contribution in [0, 0.1) is 11.3 Å². The highest BCUT2D eigenvalue weighted by Gasteiger charge is 2.28. The number of benzene rings is 2. The molecular formula is C31H33N7O2S. The van der Waals surface area contributed by atoms with Crippen LogP contribution in [0.1, 0.15) is 50.9 Å². The maximum absolute atomic E-state index is 12.6. The molecule has 10 heteroatoms. The molecule has 1 aliphatic rings. The number of aryl methyl sites for hydroxylation is 1. The van der Waals surface area contributed by atoms with Crippen molar-refractivity contribution >= 4 is 43.4 Å². The van der Waals surface area contributed by atoms with E-state index in [1.165, 1.54) is 11.3 Å². The van der Waals surface area contributed by atoms with E-state index in [-0.39, 0.29) is 0 Å². The summed E-state index contributed by atoms with van der Waals surface area (Å²) in [6.45, 7) is 7.36. The highest BCUT2D eigenvalue weighted by atomic mass is 32.1. The molecule has 1 aliphatic heterocycles. The maximum Gasteiger partial charge on any atom is 0.412 e. The number of imidazole rings is 1. The van der Waals surface area contributed by atoms with Gasteiger partial charge in [0.25, 0.3) is 0 Å². The van der Waals surface area contributed by atoms with Crippen molar-refractivity contribution in [3.63, 3.8) is 0 Å². The van der Waals surface area contributed by atoms with E-state index in [1.54, 1.807) is 0 Å². The molecule has 210 valence electrons. The van der Waals surface area contributed by atoms with E-state index in [0.717, 1.165) is 75.3 Å². The highest BCUT2D eigenvalue weighted by molar-refractivity contribution is 7.23. The Morgan fingerprint density at radius 3 is 2.71 bits per heavy atom. The first-order valence-corrected chi connectivity index (χ1v) is 14.6. The average Bonchev–Trinajstić information content (AvgIpc) is 3.60. The predicted molar refractivity (Wildman–Crippen MR) is 163 cm³/mol. The fourth-order valence-corrected chi connectivity index (χ4v) is 6.78. The SMILES string of the molecule is Cn1c(C2CCNCC2)nc(-c2ccc3c(cnn3C)c2)c1-c1cccc2sc(NC(=O)OC(C)(C)C)c(C#N)c12. The Bertz CT molecular complexity index is 1830. The van der Waals surface area contributed by atoms with Gasteiger partial charge in [-0.25, -0.2) is 9.78 Å². The van der Waals surface area contributed by atoms with E-state index in [0.29, 0.717) is 16.5 Å². The van der Waals surface area contributed by atoms with E-state index < -0.39 is 11.7 Å². The molecule has 0 aliphatic carbocycles. The molecule has 0 spiro atoms. The first-order chi connectivity index (χ1) is 19.6. The number of hydrogen-bond acceptors (Lipinski definition) is 7. The quantitative estimate of drug-likeness (QED) is 0.255. The van der Waals surface area contributed by atoms with Crippen molar-refractivity contribution in [2.24, 2.45) is 14.1 Å². The second-order valence-corrected chi connectivity index (χ2v) is 12.6. The van der Waals surface area contributed by atoms with Gasteiger partial charge in [0.1, 0.15) is 22.5 Å². The number of ether oxygens (including phenoxy) is 1. The number of fused-ring (bicyclic) bond motifs is 2. The minimum absolute atomic E-state index is 0.331. The summed E-state index contributed by atoms with van der Waals surface area (Å²) in [5.41, 5.74) is 4.54. The maximum atomic E-state index is 12.6. The lowest BCUT2D eigenvalue weighted by Gasteiger charge is -2.22. The summed E-state index contributed by atoms with van der Waals surface area (Å²) in [5, 5.41) is 23.4. The Kier molecular flexibility index (Phi) is 6.80. The summed E-state index contributed by atoms with van der Waals surface area (Å²) >= 11 is 1.38. The van der Waals surface area contributed by atoms with Crippen LogP contribution in [0.15, 0.2) is 42.6 Å². The molecule has 6 rings (SSSR count). The number of anilines is 1. The zero-order chi connectivity index (χ0) is 28.9. The van der Waals surface area contributed by atoms with Crippen LogP contribution >= 0.6 is 11.3 Å². The standard InChI is InChI=1S/C31H33N7O2S/c1-31(2,3)40-30(39)36-29-22(16-32)25-21(7-6-8-24(25)41-29)27-26(19-9-10-23-20(15-19)17-34-38(23)5)35-28(37(27)4)18-11-13-33-14-12-18/h6-10,15,17-18,33H,11-14H2,1-5H3,(H,36,39). The summed E-state index contributed by atoms with van der Waals surface area (Å²) < 4.78 is 10.4.